The van der Waals surface area contributed by atoms with Gasteiger partial charge in [0.2, 0.25) is 5.89 Å². The van der Waals surface area contributed by atoms with Crippen molar-refractivity contribution in [2.75, 3.05) is 13.1 Å². The first-order valence-corrected chi connectivity index (χ1v) is 5.37. The summed E-state index contributed by atoms with van der Waals surface area (Å²) in [5.74, 6) is 0.683. The predicted molar refractivity (Wildman–Crippen MR) is 57.7 cm³/mol. The van der Waals surface area contributed by atoms with Gasteiger partial charge < -0.3 is 14.4 Å². The lowest BCUT2D eigenvalue weighted by Crippen LogP contribution is -2.19. The Morgan fingerprint density at radius 2 is 2.38 bits per heavy atom. The summed E-state index contributed by atoms with van der Waals surface area (Å²) in [6.45, 7) is 2.84. The molecule has 0 saturated heterocycles. The Kier molecular flexibility index (Phi) is 4.07. The van der Waals surface area contributed by atoms with Crippen LogP contribution in [0.25, 0.3) is 0 Å². The summed E-state index contributed by atoms with van der Waals surface area (Å²) >= 11 is 0. The number of nitrogens with one attached hydrogen (secondary N) is 1. The quantitative estimate of drug-likeness (QED) is 0.689. The molecular formula is C10H15N5O. The number of hydrogen-bond acceptors (Lipinski definition) is 5. The van der Waals surface area contributed by atoms with E-state index < -0.39 is 0 Å². The van der Waals surface area contributed by atoms with Crippen LogP contribution in [0.3, 0.4) is 0 Å². The highest BCUT2D eigenvalue weighted by molar-refractivity contribution is 4.75. The average Bonchev–Trinajstić information content (AvgIpc) is 2.96. The van der Waals surface area contributed by atoms with E-state index in [2.05, 4.69) is 25.0 Å². The molecule has 6 heteroatoms. The van der Waals surface area contributed by atoms with Crippen molar-refractivity contribution in [3.05, 3.63) is 30.9 Å². The summed E-state index contributed by atoms with van der Waals surface area (Å²) < 4.78 is 6.95. The zero-order chi connectivity index (χ0) is 11.1. The smallest absolute Gasteiger partial charge is 0.227 e. The number of hydrogen-bond donors (Lipinski definition) is 1. The Morgan fingerprint density at radius 1 is 1.38 bits per heavy atom. The summed E-state index contributed by atoms with van der Waals surface area (Å²) in [6.07, 6.45) is 8.89. The minimum Gasteiger partial charge on any atom is -0.340 e. The fourth-order valence-corrected chi connectivity index (χ4v) is 1.43. The highest BCUT2D eigenvalue weighted by atomic mass is 16.5. The van der Waals surface area contributed by atoms with Gasteiger partial charge in [-0.15, -0.1) is 0 Å². The molecule has 2 heterocycles. The van der Waals surface area contributed by atoms with E-state index in [-0.39, 0.29) is 0 Å². The molecule has 86 valence electrons. The number of imidazole rings is 1. The van der Waals surface area contributed by atoms with Gasteiger partial charge in [0.05, 0.1) is 6.33 Å². The van der Waals surface area contributed by atoms with Crippen LogP contribution in [0.5, 0.6) is 0 Å². The zero-order valence-corrected chi connectivity index (χ0v) is 9.04. The molecule has 0 spiro atoms. The molecule has 0 saturated carbocycles. The SMILES string of the molecule is c1cn(CCCNCCc2ncno2)cn1. The lowest BCUT2D eigenvalue weighted by Gasteiger charge is -2.03. The summed E-state index contributed by atoms with van der Waals surface area (Å²) in [4.78, 5) is 7.93. The topological polar surface area (TPSA) is 68.8 Å². The van der Waals surface area contributed by atoms with Gasteiger partial charge in [-0.1, -0.05) is 5.16 Å². The Morgan fingerprint density at radius 3 is 3.12 bits per heavy atom. The van der Waals surface area contributed by atoms with Gasteiger partial charge in [-0.25, -0.2) is 4.98 Å². The second kappa shape index (κ2) is 6.02. The minimum absolute atomic E-state index is 0.683. The molecule has 0 amide bonds. The maximum absolute atomic E-state index is 4.89. The van der Waals surface area contributed by atoms with Gasteiger partial charge in [-0.3, -0.25) is 0 Å². The molecule has 0 radical (unpaired) electrons. The van der Waals surface area contributed by atoms with E-state index in [9.17, 15) is 0 Å². The van der Waals surface area contributed by atoms with Crippen molar-refractivity contribution in [1.29, 1.82) is 0 Å². The fraction of sp³-hybridized carbons (Fsp3) is 0.500. The van der Waals surface area contributed by atoms with Gasteiger partial charge in [0, 0.05) is 31.9 Å². The average molecular weight is 221 g/mol. The Labute approximate surface area is 93.7 Å². The molecule has 16 heavy (non-hydrogen) atoms. The van der Waals surface area contributed by atoms with Crippen LogP contribution in [0.15, 0.2) is 29.6 Å². The third kappa shape index (κ3) is 3.47. The van der Waals surface area contributed by atoms with Crippen LogP contribution >= 0.6 is 0 Å². The standard InChI is InChI=1S/C10H15N5O/c1(6-15-7-5-12-9-15)3-11-4-2-10-13-8-14-16-10/h5,7-9,11H,1-4,6H2. The summed E-state index contributed by atoms with van der Waals surface area (Å²) in [5.41, 5.74) is 0. The van der Waals surface area contributed by atoms with Gasteiger partial charge in [-0.2, -0.15) is 4.98 Å². The number of aromatic nitrogens is 4. The largest absolute Gasteiger partial charge is 0.340 e. The second-order valence-corrected chi connectivity index (χ2v) is 3.49. The Bertz CT molecular complexity index is 332. The summed E-state index contributed by atoms with van der Waals surface area (Å²) in [6, 6.07) is 0. The molecular weight excluding hydrogens is 206 g/mol. The number of nitrogens with zero attached hydrogens (tertiary/aromatic N) is 4. The lowest BCUT2D eigenvalue weighted by molar-refractivity contribution is 0.374. The number of aryl methyl sites for hydroxylation is 1. The van der Waals surface area contributed by atoms with E-state index in [1.54, 1.807) is 6.20 Å². The summed E-state index contributed by atoms with van der Waals surface area (Å²) in [7, 11) is 0. The molecule has 6 nitrogen and oxygen atoms in total. The van der Waals surface area contributed by atoms with Crippen molar-refractivity contribution in [2.24, 2.45) is 0 Å². The summed E-state index contributed by atoms with van der Waals surface area (Å²) in [5, 5.41) is 6.87. The number of rotatable bonds is 7. The van der Waals surface area contributed by atoms with Gasteiger partial charge in [0.25, 0.3) is 0 Å². The maximum atomic E-state index is 4.89. The van der Waals surface area contributed by atoms with Crippen LogP contribution < -0.4 is 5.32 Å². The Hall–Kier alpha value is -1.69. The van der Waals surface area contributed by atoms with Crippen LogP contribution in [0, 0.1) is 0 Å². The van der Waals surface area contributed by atoms with E-state index in [0.29, 0.717) is 5.89 Å². The first-order valence-electron chi connectivity index (χ1n) is 5.37. The predicted octanol–water partition coefficient (Wildman–Crippen LogP) is 0.488. The highest BCUT2D eigenvalue weighted by Crippen LogP contribution is 1.91. The molecule has 0 unspecified atom stereocenters. The van der Waals surface area contributed by atoms with Gasteiger partial charge in [-0.05, 0) is 13.0 Å². The zero-order valence-electron chi connectivity index (χ0n) is 9.04. The molecule has 0 aromatic carbocycles. The van der Waals surface area contributed by atoms with E-state index in [4.69, 9.17) is 4.52 Å². The second-order valence-electron chi connectivity index (χ2n) is 3.49. The van der Waals surface area contributed by atoms with Gasteiger partial charge >= 0.3 is 0 Å². The normalized spacial score (nSPS) is 10.8. The maximum Gasteiger partial charge on any atom is 0.227 e. The molecule has 1 N–H and O–H groups in total. The van der Waals surface area contributed by atoms with Crippen molar-refractivity contribution in [1.82, 2.24) is 25.0 Å². The van der Waals surface area contributed by atoms with Gasteiger partial charge in [0.15, 0.2) is 6.33 Å². The fourth-order valence-electron chi connectivity index (χ4n) is 1.43. The van der Waals surface area contributed by atoms with Crippen LogP contribution in [-0.2, 0) is 13.0 Å². The lowest BCUT2D eigenvalue weighted by atomic mass is 10.4. The van der Waals surface area contributed by atoms with Crippen molar-refractivity contribution in [2.45, 2.75) is 19.4 Å². The molecule has 0 aliphatic rings. The molecule has 0 atom stereocenters. The van der Waals surface area contributed by atoms with Crippen molar-refractivity contribution in [3.8, 4) is 0 Å². The monoisotopic (exact) mass is 221 g/mol. The highest BCUT2D eigenvalue weighted by Gasteiger charge is 1.97. The van der Waals surface area contributed by atoms with Gasteiger partial charge in [0.1, 0.15) is 0 Å². The van der Waals surface area contributed by atoms with Crippen LogP contribution in [0.4, 0.5) is 0 Å². The van der Waals surface area contributed by atoms with E-state index in [0.717, 1.165) is 32.5 Å². The van der Waals surface area contributed by atoms with Crippen molar-refractivity contribution < 1.29 is 4.52 Å². The first kappa shape index (κ1) is 10.8. The molecule has 0 aliphatic carbocycles. The third-order valence-corrected chi connectivity index (χ3v) is 2.25. The molecule has 2 rings (SSSR count). The third-order valence-electron chi connectivity index (χ3n) is 2.25. The first-order chi connectivity index (χ1) is 7.95. The van der Waals surface area contributed by atoms with Crippen molar-refractivity contribution >= 4 is 0 Å². The van der Waals surface area contributed by atoms with E-state index in [1.807, 2.05) is 12.5 Å². The minimum atomic E-state index is 0.683. The van der Waals surface area contributed by atoms with Crippen LogP contribution in [0.1, 0.15) is 12.3 Å². The molecule has 2 aromatic heterocycles. The molecule has 0 bridgehead atoms. The van der Waals surface area contributed by atoms with E-state index in [1.165, 1.54) is 6.33 Å². The molecule has 2 aromatic rings. The van der Waals surface area contributed by atoms with Crippen molar-refractivity contribution in [3.63, 3.8) is 0 Å². The molecule has 0 fully saturated rings. The van der Waals surface area contributed by atoms with E-state index >= 15 is 0 Å². The Balaban J connectivity index is 1.49. The molecule has 0 aliphatic heterocycles. The van der Waals surface area contributed by atoms with Crippen LogP contribution in [0.2, 0.25) is 0 Å². The van der Waals surface area contributed by atoms with Crippen LogP contribution in [-0.4, -0.2) is 32.8 Å².